The second-order valence-corrected chi connectivity index (χ2v) is 6.27. The van der Waals surface area contributed by atoms with E-state index < -0.39 is 0 Å². The largest absolute Gasteiger partial charge is 0.351 e. The van der Waals surface area contributed by atoms with Crippen LogP contribution in [-0.4, -0.2) is 36.4 Å². The third-order valence-electron chi connectivity index (χ3n) is 4.54. The fourth-order valence-electron chi connectivity index (χ4n) is 3.22. The number of nitrogens with zero attached hydrogens (tertiary/aromatic N) is 5. The van der Waals surface area contributed by atoms with Crippen LogP contribution in [0.1, 0.15) is 28.4 Å². The summed E-state index contributed by atoms with van der Waals surface area (Å²) in [6.45, 7) is 2.40. The summed E-state index contributed by atoms with van der Waals surface area (Å²) in [6, 6.07) is 9.88. The molecular formula is C19H20N6O. The Hall–Kier alpha value is -3.22. The van der Waals surface area contributed by atoms with Gasteiger partial charge in [-0.1, -0.05) is 12.1 Å². The highest BCUT2D eigenvalue weighted by atomic mass is 16.1. The molecule has 7 nitrogen and oxygen atoms in total. The molecule has 0 radical (unpaired) electrons. The minimum absolute atomic E-state index is 0.131. The number of hydrogen-bond donors (Lipinski definition) is 1. The van der Waals surface area contributed by atoms with Crippen molar-refractivity contribution in [3.8, 4) is 0 Å². The number of carbonyl (C=O) groups is 1. The van der Waals surface area contributed by atoms with E-state index in [0.29, 0.717) is 23.7 Å². The van der Waals surface area contributed by atoms with Crippen molar-refractivity contribution in [2.45, 2.75) is 19.8 Å². The molecule has 26 heavy (non-hydrogen) atoms. The van der Waals surface area contributed by atoms with E-state index in [1.165, 1.54) is 0 Å². The zero-order valence-electron chi connectivity index (χ0n) is 14.8. The maximum atomic E-state index is 12.5. The zero-order chi connectivity index (χ0) is 18.1. The Morgan fingerprint density at radius 1 is 1.19 bits per heavy atom. The Morgan fingerprint density at radius 2 is 2.04 bits per heavy atom. The average Bonchev–Trinajstić information content (AvgIpc) is 3.15. The van der Waals surface area contributed by atoms with Gasteiger partial charge in [0.1, 0.15) is 11.5 Å². The maximum absolute atomic E-state index is 12.5. The van der Waals surface area contributed by atoms with Crippen LogP contribution < -0.4 is 5.32 Å². The van der Waals surface area contributed by atoms with Crippen molar-refractivity contribution in [1.29, 1.82) is 0 Å². The van der Waals surface area contributed by atoms with Gasteiger partial charge >= 0.3 is 0 Å². The van der Waals surface area contributed by atoms with Gasteiger partial charge in [0, 0.05) is 32.4 Å². The molecule has 1 aromatic carbocycles. The highest BCUT2D eigenvalue weighted by molar-refractivity contribution is 5.94. The molecule has 4 rings (SSSR count). The number of aryl methyl sites for hydroxylation is 3. The Kier molecular flexibility index (Phi) is 4.12. The first-order valence-electron chi connectivity index (χ1n) is 8.63. The Morgan fingerprint density at radius 3 is 2.88 bits per heavy atom. The highest BCUT2D eigenvalue weighted by Gasteiger charge is 2.16. The molecule has 132 valence electrons. The van der Waals surface area contributed by atoms with Gasteiger partial charge in [-0.3, -0.25) is 9.20 Å². The molecule has 0 aliphatic rings. The van der Waals surface area contributed by atoms with Crippen molar-refractivity contribution in [3.05, 3.63) is 59.9 Å². The molecule has 0 saturated carbocycles. The minimum atomic E-state index is -0.131. The molecule has 0 bridgehead atoms. The van der Waals surface area contributed by atoms with Crippen molar-refractivity contribution < 1.29 is 4.79 Å². The molecule has 0 spiro atoms. The molecule has 3 heterocycles. The molecule has 0 fully saturated rings. The third-order valence-corrected chi connectivity index (χ3v) is 4.54. The summed E-state index contributed by atoms with van der Waals surface area (Å²) in [5, 5.41) is 2.98. The molecular weight excluding hydrogens is 328 g/mol. The van der Waals surface area contributed by atoms with E-state index in [9.17, 15) is 4.79 Å². The molecule has 0 aliphatic carbocycles. The van der Waals surface area contributed by atoms with E-state index in [-0.39, 0.29) is 5.91 Å². The van der Waals surface area contributed by atoms with Gasteiger partial charge in [0.05, 0.1) is 16.7 Å². The number of hydrogen-bond acceptors (Lipinski definition) is 4. The van der Waals surface area contributed by atoms with Crippen molar-refractivity contribution >= 4 is 22.7 Å². The number of aromatic nitrogens is 5. The fourth-order valence-corrected chi connectivity index (χ4v) is 3.22. The molecule has 0 unspecified atom stereocenters. The molecule has 7 heteroatoms. The normalized spacial score (nSPS) is 11.3. The van der Waals surface area contributed by atoms with Gasteiger partial charge in [-0.15, -0.1) is 0 Å². The van der Waals surface area contributed by atoms with Crippen LogP contribution in [0.3, 0.4) is 0 Å². The highest BCUT2D eigenvalue weighted by Crippen LogP contribution is 2.15. The Balaban J connectivity index is 1.40. The van der Waals surface area contributed by atoms with E-state index in [4.69, 9.17) is 0 Å². The number of para-hydroxylation sites is 2. The molecule has 4 aromatic rings. The lowest BCUT2D eigenvalue weighted by atomic mass is 10.2. The summed E-state index contributed by atoms with van der Waals surface area (Å²) in [4.78, 5) is 25.7. The van der Waals surface area contributed by atoms with Crippen LogP contribution in [0.25, 0.3) is 16.8 Å². The molecule has 0 saturated heterocycles. The minimum Gasteiger partial charge on any atom is -0.351 e. The summed E-state index contributed by atoms with van der Waals surface area (Å²) in [5.74, 6) is 1.43. The van der Waals surface area contributed by atoms with E-state index in [2.05, 4.69) is 30.9 Å². The predicted molar refractivity (Wildman–Crippen MR) is 99.1 cm³/mol. The van der Waals surface area contributed by atoms with Crippen molar-refractivity contribution in [2.24, 2.45) is 7.05 Å². The maximum Gasteiger partial charge on any atom is 0.270 e. The summed E-state index contributed by atoms with van der Waals surface area (Å²) in [6.07, 6.45) is 5.09. The smallest absolute Gasteiger partial charge is 0.270 e. The van der Waals surface area contributed by atoms with Gasteiger partial charge in [-0.2, -0.15) is 0 Å². The quantitative estimate of drug-likeness (QED) is 0.561. The summed E-state index contributed by atoms with van der Waals surface area (Å²) in [7, 11) is 2.03. The number of imidazole rings is 2. The number of rotatable bonds is 5. The van der Waals surface area contributed by atoms with Gasteiger partial charge in [0.25, 0.3) is 5.91 Å². The summed E-state index contributed by atoms with van der Waals surface area (Å²) >= 11 is 0. The monoisotopic (exact) mass is 348 g/mol. The first kappa shape index (κ1) is 16.3. The average molecular weight is 348 g/mol. The second-order valence-electron chi connectivity index (χ2n) is 6.27. The van der Waals surface area contributed by atoms with E-state index in [0.717, 1.165) is 29.7 Å². The molecule has 3 aromatic heterocycles. The van der Waals surface area contributed by atoms with Crippen LogP contribution in [0.4, 0.5) is 0 Å². The van der Waals surface area contributed by atoms with E-state index in [1.54, 1.807) is 22.9 Å². The summed E-state index contributed by atoms with van der Waals surface area (Å²) in [5.41, 5.74) is 3.34. The number of nitrogens with one attached hydrogen (secondary N) is 1. The zero-order valence-corrected chi connectivity index (χ0v) is 14.8. The van der Waals surface area contributed by atoms with Crippen LogP contribution >= 0.6 is 0 Å². The van der Waals surface area contributed by atoms with Crippen LogP contribution in [0, 0.1) is 6.92 Å². The third kappa shape index (κ3) is 2.81. The fraction of sp³-hybridized carbons (Fsp3) is 0.263. The Bertz CT molecular complexity index is 1090. The summed E-state index contributed by atoms with van der Waals surface area (Å²) < 4.78 is 3.83. The Labute approximate surface area is 150 Å². The molecule has 1 N–H and O–H groups in total. The van der Waals surface area contributed by atoms with Crippen molar-refractivity contribution in [1.82, 2.24) is 29.2 Å². The van der Waals surface area contributed by atoms with Gasteiger partial charge in [0.2, 0.25) is 5.78 Å². The van der Waals surface area contributed by atoms with Gasteiger partial charge < -0.3 is 9.88 Å². The van der Waals surface area contributed by atoms with E-state index in [1.807, 2.05) is 32.2 Å². The van der Waals surface area contributed by atoms with Crippen LogP contribution in [0.15, 0.2) is 42.7 Å². The SMILES string of the molecule is Cc1nc2ncccn2c1C(=O)NCCCc1nc2ccccc2n1C. The van der Waals surface area contributed by atoms with Crippen molar-refractivity contribution in [3.63, 3.8) is 0 Å². The van der Waals surface area contributed by atoms with Crippen LogP contribution in [-0.2, 0) is 13.5 Å². The lowest BCUT2D eigenvalue weighted by Crippen LogP contribution is -2.27. The number of amides is 1. The molecule has 1 amide bonds. The lowest BCUT2D eigenvalue weighted by molar-refractivity contribution is 0.0946. The first-order chi connectivity index (χ1) is 12.6. The number of benzene rings is 1. The first-order valence-corrected chi connectivity index (χ1v) is 8.63. The van der Waals surface area contributed by atoms with Gasteiger partial charge in [-0.05, 0) is 31.5 Å². The number of carbonyl (C=O) groups excluding carboxylic acids is 1. The van der Waals surface area contributed by atoms with E-state index >= 15 is 0 Å². The van der Waals surface area contributed by atoms with Crippen molar-refractivity contribution in [2.75, 3.05) is 6.54 Å². The van der Waals surface area contributed by atoms with Crippen LogP contribution in [0.5, 0.6) is 0 Å². The second kappa shape index (κ2) is 6.59. The van der Waals surface area contributed by atoms with Gasteiger partial charge in [0.15, 0.2) is 0 Å². The van der Waals surface area contributed by atoms with Crippen LogP contribution in [0.2, 0.25) is 0 Å². The molecule has 0 atom stereocenters. The standard InChI is InChI=1S/C19H20N6O/c1-13-17(25-12-6-11-21-19(25)22-13)18(26)20-10-5-9-16-23-14-7-3-4-8-15(14)24(16)2/h3-4,6-8,11-12H,5,9-10H2,1-2H3,(H,20,26). The number of fused-ring (bicyclic) bond motifs is 2. The lowest BCUT2D eigenvalue weighted by Gasteiger charge is -2.06. The predicted octanol–water partition coefficient (Wildman–Crippen LogP) is 2.29. The topological polar surface area (TPSA) is 77.1 Å². The van der Waals surface area contributed by atoms with Gasteiger partial charge in [-0.25, -0.2) is 15.0 Å². The molecule has 0 aliphatic heterocycles.